The molecule has 0 fully saturated rings. The highest BCUT2D eigenvalue weighted by Crippen LogP contribution is 2.27. The number of benzene rings is 1. The molecule has 1 aromatic heterocycles. The zero-order valence-corrected chi connectivity index (χ0v) is 11.9. The number of rotatable bonds is 5. The molecule has 1 heterocycles. The summed E-state index contributed by atoms with van der Waals surface area (Å²) >= 11 is 0. The number of phenolic OH excluding ortho intramolecular Hbond substituents is 1. The van der Waals surface area contributed by atoms with Crippen molar-refractivity contribution in [3.63, 3.8) is 0 Å². The largest absolute Gasteiger partial charge is 0.508 e. The molecule has 0 aliphatic carbocycles. The van der Waals surface area contributed by atoms with Crippen LogP contribution < -0.4 is 5.32 Å². The minimum Gasteiger partial charge on any atom is -0.508 e. The Hall–Kier alpha value is -1.77. The zero-order chi connectivity index (χ0) is 13.8. The average Bonchev–Trinajstić information content (AvgIpc) is 2.41. The van der Waals surface area contributed by atoms with Gasteiger partial charge in [-0.05, 0) is 36.4 Å². The van der Waals surface area contributed by atoms with Gasteiger partial charge in [0.05, 0.1) is 0 Å². The maximum absolute atomic E-state index is 9.63. The van der Waals surface area contributed by atoms with Crippen LogP contribution in [0.15, 0.2) is 30.5 Å². The van der Waals surface area contributed by atoms with E-state index < -0.39 is 0 Å². The Bertz CT molecular complexity index is 549. The second kappa shape index (κ2) is 5.91. The number of aromatic nitrogens is 1. The molecule has 0 saturated carbocycles. The summed E-state index contributed by atoms with van der Waals surface area (Å²) in [4.78, 5) is 4.42. The topological polar surface area (TPSA) is 45.2 Å². The minimum absolute atomic E-state index is 0.277. The number of hydrogen-bond donors (Lipinski definition) is 2. The molecule has 1 atom stereocenters. The van der Waals surface area contributed by atoms with Gasteiger partial charge in [-0.15, -0.1) is 0 Å². The smallest absolute Gasteiger partial charge is 0.134 e. The van der Waals surface area contributed by atoms with E-state index in [1.54, 1.807) is 18.3 Å². The van der Waals surface area contributed by atoms with Crippen molar-refractivity contribution in [3.05, 3.63) is 30.5 Å². The Morgan fingerprint density at radius 2 is 1.95 bits per heavy atom. The van der Waals surface area contributed by atoms with Crippen LogP contribution >= 0.6 is 0 Å². The van der Waals surface area contributed by atoms with Crippen LogP contribution in [0.5, 0.6) is 5.75 Å². The second-order valence-electron chi connectivity index (χ2n) is 5.07. The number of nitrogens with zero attached hydrogens (tertiary/aromatic N) is 1. The van der Waals surface area contributed by atoms with Crippen molar-refractivity contribution >= 4 is 16.6 Å². The maximum Gasteiger partial charge on any atom is 0.134 e. The van der Waals surface area contributed by atoms with Crippen LogP contribution in [0.3, 0.4) is 0 Å². The van der Waals surface area contributed by atoms with Crippen LogP contribution in [-0.4, -0.2) is 16.1 Å². The van der Waals surface area contributed by atoms with Crippen molar-refractivity contribution in [1.29, 1.82) is 0 Å². The van der Waals surface area contributed by atoms with Gasteiger partial charge >= 0.3 is 0 Å². The Morgan fingerprint density at radius 3 is 2.63 bits per heavy atom. The normalized spacial score (nSPS) is 12.8. The van der Waals surface area contributed by atoms with Crippen LogP contribution in [0.2, 0.25) is 0 Å². The molecule has 0 aliphatic heterocycles. The first-order valence-corrected chi connectivity index (χ1v) is 7.00. The van der Waals surface area contributed by atoms with E-state index in [1.807, 2.05) is 12.1 Å². The molecule has 0 amide bonds. The number of hydrogen-bond acceptors (Lipinski definition) is 3. The second-order valence-corrected chi connectivity index (χ2v) is 5.07. The lowest BCUT2D eigenvalue weighted by atomic mass is 9.95. The summed E-state index contributed by atoms with van der Waals surface area (Å²) in [6.45, 7) is 6.63. The summed E-state index contributed by atoms with van der Waals surface area (Å²) < 4.78 is 0. The van der Waals surface area contributed by atoms with Crippen LogP contribution in [0, 0.1) is 5.92 Å². The van der Waals surface area contributed by atoms with E-state index in [0.29, 0.717) is 12.0 Å². The molecule has 102 valence electrons. The molecule has 0 spiro atoms. The minimum atomic E-state index is 0.277. The number of fused-ring (bicyclic) bond motifs is 1. The first-order chi connectivity index (χ1) is 9.15. The van der Waals surface area contributed by atoms with Crippen molar-refractivity contribution < 1.29 is 5.11 Å². The first kappa shape index (κ1) is 13.7. The van der Waals surface area contributed by atoms with E-state index in [0.717, 1.165) is 29.4 Å². The fourth-order valence-electron chi connectivity index (χ4n) is 2.60. The maximum atomic E-state index is 9.63. The predicted octanol–water partition coefficient (Wildman–Crippen LogP) is 4.18. The highest BCUT2D eigenvalue weighted by molar-refractivity contribution is 5.92. The molecule has 1 unspecified atom stereocenters. The molecule has 0 aliphatic rings. The molecule has 2 N–H and O–H groups in total. The van der Waals surface area contributed by atoms with E-state index in [2.05, 4.69) is 31.1 Å². The van der Waals surface area contributed by atoms with E-state index in [9.17, 15) is 5.11 Å². The summed E-state index contributed by atoms with van der Waals surface area (Å²) in [6.07, 6.45) is 4.11. The fourth-order valence-corrected chi connectivity index (χ4v) is 2.60. The summed E-state index contributed by atoms with van der Waals surface area (Å²) in [6, 6.07) is 7.72. The molecule has 0 saturated heterocycles. The zero-order valence-electron chi connectivity index (χ0n) is 11.9. The van der Waals surface area contributed by atoms with Gasteiger partial charge in [0.1, 0.15) is 11.6 Å². The Labute approximate surface area is 114 Å². The summed E-state index contributed by atoms with van der Waals surface area (Å²) in [5.41, 5.74) is 0. The van der Waals surface area contributed by atoms with E-state index in [1.165, 1.54) is 0 Å². The van der Waals surface area contributed by atoms with Gasteiger partial charge in [-0.1, -0.05) is 32.8 Å². The molecular weight excluding hydrogens is 236 g/mol. The number of aromatic hydroxyl groups is 1. The van der Waals surface area contributed by atoms with Crippen LogP contribution in [0.25, 0.3) is 10.8 Å². The van der Waals surface area contributed by atoms with Gasteiger partial charge < -0.3 is 10.4 Å². The van der Waals surface area contributed by atoms with Crippen LogP contribution in [0.1, 0.15) is 33.6 Å². The summed E-state index contributed by atoms with van der Waals surface area (Å²) in [7, 11) is 0. The number of nitrogens with one attached hydrogen (secondary N) is 1. The molecule has 2 rings (SSSR count). The molecule has 3 heteroatoms. The van der Waals surface area contributed by atoms with Gasteiger partial charge in [0.15, 0.2) is 0 Å². The molecule has 0 bridgehead atoms. The monoisotopic (exact) mass is 258 g/mol. The van der Waals surface area contributed by atoms with E-state index in [4.69, 9.17) is 0 Å². The standard InChI is InChI=1S/C16H22N2O/c1-4-12(5-2)11(3)18-16-15-10-14(19)7-6-13(15)8-9-17-16/h6-12,19H,4-5H2,1-3H3,(H,17,18). The third-order valence-electron chi connectivity index (χ3n) is 3.87. The third-order valence-corrected chi connectivity index (χ3v) is 3.87. The van der Waals surface area contributed by atoms with Gasteiger partial charge in [-0.3, -0.25) is 0 Å². The van der Waals surface area contributed by atoms with Crippen molar-refractivity contribution in [2.24, 2.45) is 5.92 Å². The molecular formula is C16H22N2O. The first-order valence-electron chi connectivity index (χ1n) is 7.00. The highest BCUT2D eigenvalue weighted by atomic mass is 16.3. The molecule has 0 radical (unpaired) electrons. The number of phenols is 1. The van der Waals surface area contributed by atoms with Gasteiger partial charge in [0, 0.05) is 17.6 Å². The average molecular weight is 258 g/mol. The molecule has 2 aromatic rings. The number of anilines is 1. The van der Waals surface area contributed by atoms with Gasteiger partial charge in [-0.25, -0.2) is 4.98 Å². The lowest BCUT2D eigenvalue weighted by Gasteiger charge is -2.23. The molecule has 19 heavy (non-hydrogen) atoms. The van der Waals surface area contributed by atoms with Gasteiger partial charge in [-0.2, -0.15) is 0 Å². The Kier molecular flexibility index (Phi) is 4.25. The highest BCUT2D eigenvalue weighted by Gasteiger charge is 2.14. The summed E-state index contributed by atoms with van der Waals surface area (Å²) in [5.74, 6) is 1.76. The molecule has 1 aromatic carbocycles. The lowest BCUT2D eigenvalue weighted by molar-refractivity contribution is 0.437. The predicted molar refractivity (Wildman–Crippen MR) is 80.6 cm³/mol. The van der Waals surface area contributed by atoms with Crippen molar-refractivity contribution in [1.82, 2.24) is 4.98 Å². The quantitative estimate of drug-likeness (QED) is 0.845. The van der Waals surface area contributed by atoms with Crippen LogP contribution in [0.4, 0.5) is 5.82 Å². The van der Waals surface area contributed by atoms with Gasteiger partial charge in [0.25, 0.3) is 0 Å². The Balaban J connectivity index is 2.32. The number of pyridine rings is 1. The third kappa shape index (κ3) is 2.98. The van der Waals surface area contributed by atoms with Crippen molar-refractivity contribution in [2.75, 3.05) is 5.32 Å². The van der Waals surface area contributed by atoms with Crippen molar-refractivity contribution in [2.45, 2.75) is 39.7 Å². The Morgan fingerprint density at radius 1 is 1.21 bits per heavy atom. The molecule has 3 nitrogen and oxygen atoms in total. The van der Waals surface area contributed by atoms with Gasteiger partial charge in [0.2, 0.25) is 0 Å². The summed E-state index contributed by atoms with van der Waals surface area (Å²) in [5, 5.41) is 15.2. The van der Waals surface area contributed by atoms with Crippen molar-refractivity contribution in [3.8, 4) is 5.75 Å². The van der Waals surface area contributed by atoms with Crippen LogP contribution in [-0.2, 0) is 0 Å². The van der Waals surface area contributed by atoms with E-state index >= 15 is 0 Å². The fraction of sp³-hybridized carbons (Fsp3) is 0.438. The lowest BCUT2D eigenvalue weighted by Crippen LogP contribution is -2.25. The van der Waals surface area contributed by atoms with E-state index in [-0.39, 0.29) is 5.75 Å². The SMILES string of the molecule is CCC(CC)C(C)Nc1nccc2ccc(O)cc12.